The molecular weight excluding hydrogens is 490 g/mol. The Balaban J connectivity index is 1.50. The molecule has 1 fully saturated rings. The normalized spacial score (nSPS) is 20.3. The van der Waals surface area contributed by atoms with E-state index in [1.807, 2.05) is 38.1 Å². The molecule has 0 spiro atoms. The predicted octanol–water partition coefficient (Wildman–Crippen LogP) is 5.04. The van der Waals surface area contributed by atoms with Crippen molar-refractivity contribution in [3.05, 3.63) is 83.2 Å². The van der Waals surface area contributed by atoms with Crippen LogP contribution in [0.3, 0.4) is 0 Å². The molecule has 8 nitrogen and oxygen atoms in total. The summed E-state index contributed by atoms with van der Waals surface area (Å²) in [7, 11) is 0. The number of rotatable bonds is 5. The molecule has 2 aliphatic heterocycles. The number of aromatic nitrogens is 2. The zero-order valence-electron chi connectivity index (χ0n) is 20.2. The number of fused-ring (bicyclic) bond motifs is 2. The number of aliphatic hydroxyl groups excluding tert-OH is 1. The second-order valence-electron chi connectivity index (χ2n) is 8.97. The topological polar surface area (TPSA) is 102 Å². The minimum absolute atomic E-state index is 0.000764. The van der Waals surface area contributed by atoms with Gasteiger partial charge in [0.1, 0.15) is 23.4 Å². The molecule has 2 atom stereocenters. The fourth-order valence-corrected chi connectivity index (χ4v) is 5.88. The van der Waals surface area contributed by atoms with E-state index in [0.29, 0.717) is 40.6 Å². The van der Waals surface area contributed by atoms with Crippen LogP contribution in [-0.2, 0) is 16.0 Å². The maximum atomic E-state index is 13.4. The minimum atomic E-state index is -0.885. The van der Waals surface area contributed by atoms with Crippen molar-refractivity contribution in [2.75, 3.05) is 11.5 Å². The number of benzene rings is 2. The van der Waals surface area contributed by atoms with Crippen molar-refractivity contribution in [2.24, 2.45) is 0 Å². The fraction of sp³-hybridized carbons (Fsp3) is 0.214. The molecule has 2 aromatic carbocycles. The predicted molar refractivity (Wildman–Crippen MR) is 140 cm³/mol. The Kier molecular flexibility index (Phi) is 5.64. The highest BCUT2D eigenvalue weighted by Gasteiger charge is 2.48. The molecule has 0 unspecified atom stereocenters. The molecule has 1 saturated heterocycles. The molecule has 0 bridgehead atoms. The molecule has 186 valence electrons. The Bertz CT molecular complexity index is 1580. The second-order valence-corrected chi connectivity index (χ2v) is 9.98. The first-order valence-corrected chi connectivity index (χ1v) is 12.8. The van der Waals surface area contributed by atoms with E-state index >= 15 is 0 Å². The van der Waals surface area contributed by atoms with Gasteiger partial charge in [-0.25, -0.2) is 4.98 Å². The standard InChI is InChI=1S/C28H23N3O5S/c1-3-35-19-7-8-20-22(13-19)37-28(30-20)31-24(17-5-4-10-29-14-17)23(26(33)27(31)34)25(32)16-6-9-21-18(12-16)11-15(2)36-21/h4-10,12-15,24,32H,3,11H2,1-2H3/b25-23+/t15-,24+/m1/s1. The monoisotopic (exact) mass is 513 g/mol. The van der Waals surface area contributed by atoms with Crippen LogP contribution >= 0.6 is 11.3 Å². The van der Waals surface area contributed by atoms with Gasteiger partial charge in [-0.2, -0.15) is 0 Å². The van der Waals surface area contributed by atoms with Crippen molar-refractivity contribution < 1.29 is 24.2 Å². The van der Waals surface area contributed by atoms with E-state index in [-0.39, 0.29) is 17.4 Å². The third-order valence-corrected chi connectivity index (χ3v) is 7.50. The number of aliphatic hydroxyl groups is 1. The van der Waals surface area contributed by atoms with Crippen molar-refractivity contribution >= 4 is 44.1 Å². The molecule has 4 aromatic rings. The van der Waals surface area contributed by atoms with Crippen molar-refractivity contribution in [1.82, 2.24) is 9.97 Å². The van der Waals surface area contributed by atoms with Gasteiger partial charge in [-0.3, -0.25) is 19.5 Å². The zero-order chi connectivity index (χ0) is 25.7. The lowest BCUT2D eigenvalue weighted by molar-refractivity contribution is -0.132. The summed E-state index contributed by atoms with van der Waals surface area (Å²) < 4.78 is 12.2. The van der Waals surface area contributed by atoms with Crippen LogP contribution in [0.4, 0.5) is 5.13 Å². The lowest BCUT2D eigenvalue weighted by Crippen LogP contribution is -2.29. The van der Waals surface area contributed by atoms with Crippen molar-refractivity contribution in [3.8, 4) is 11.5 Å². The Morgan fingerprint density at radius 3 is 2.86 bits per heavy atom. The molecule has 6 rings (SSSR count). The average molecular weight is 514 g/mol. The Morgan fingerprint density at radius 1 is 1.22 bits per heavy atom. The van der Waals surface area contributed by atoms with Gasteiger partial charge in [-0.15, -0.1) is 0 Å². The van der Waals surface area contributed by atoms with E-state index in [0.717, 1.165) is 16.0 Å². The van der Waals surface area contributed by atoms with E-state index in [1.165, 1.54) is 16.2 Å². The molecule has 0 radical (unpaired) electrons. The SMILES string of the molecule is CCOc1ccc2nc(N3C(=O)C(=O)/C(=C(/O)c4ccc5c(c4)C[C@@H](C)O5)[C@@H]3c3cccnc3)sc2c1. The Hall–Kier alpha value is -4.24. The van der Waals surface area contributed by atoms with Gasteiger partial charge in [0.2, 0.25) is 0 Å². The number of thiazole rings is 1. The van der Waals surface area contributed by atoms with E-state index in [9.17, 15) is 14.7 Å². The summed E-state index contributed by atoms with van der Waals surface area (Å²) in [6, 6.07) is 13.4. The number of hydrogen-bond acceptors (Lipinski definition) is 8. The molecule has 1 amide bonds. The summed E-state index contributed by atoms with van der Waals surface area (Å²) >= 11 is 1.29. The van der Waals surface area contributed by atoms with Crippen LogP contribution in [-0.4, -0.2) is 39.5 Å². The number of ether oxygens (including phenoxy) is 2. The molecule has 0 saturated carbocycles. The maximum absolute atomic E-state index is 13.4. The highest BCUT2D eigenvalue weighted by Crippen LogP contribution is 2.45. The van der Waals surface area contributed by atoms with E-state index in [2.05, 4.69) is 9.97 Å². The summed E-state index contributed by atoms with van der Waals surface area (Å²) in [4.78, 5) is 37.1. The first kappa shape index (κ1) is 23.2. The number of amides is 1. The van der Waals surface area contributed by atoms with Crippen LogP contribution in [0.25, 0.3) is 16.0 Å². The molecule has 1 N–H and O–H groups in total. The van der Waals surface area contributed by atoms with Gasteiger partial charge in [0.05, 0.1) is 28.4 Å². The van der Waals surface area contributed by atoms with Gasteiger partial charge in [0.15, 0.2) is 5.13 Å². The fourth-order valence-electron chi connectivity index (χ4n) is 4.86. The van der Waals surface area contributed by atoms with Crippen LogP contribution in [0.2, 0.25) is 0 Å². The summed E-state index contributed by atoms with van der Waals surface area (Å²) in [6.45, 7) is 4.41. The number of nitrogens with zero attached hydrogens (tertiary/aromatic N) is 3. The average Bonchev–Trinajstić information content (AvgIpc) is 3.56. The number of Topliss-reactive ketones (excluding diaryl/α,β-unsaturated/α-hetero) is 1. The maximum Gasteiger partial charge on any atom is 0.301 e. The lowest BCUT2D eigenvalue weighted by atomic mass is 9.95. The number of anilines is 1. The molecule has 0 aliphatic carbocycles. The first-order valence-electron chi connectivity index (χ1n) is 12.0. The third-order valence-electron chi connectivity index (χ3n) is 6.48. The van der Waals surface area contributed by atoms with Gasteiger partial charge in [-0.05, 0) is 67.4 Å². The number of pyridine rings is 1. The van der Waals surface area contributed by atoms with Crippen molar-refractivity contribution in [2.45, 2.75) is 32.4 Å². The quantitative estimate of drug-likeness (QED) is 0.227. The third kappa shape index (κ3) is 3.92. The number of hydrogen-bond donors (Lipinski definition) is 1. The summed E-state index contributed by atoms with van der Waals surface area (Å²) in [5.74, 6) is -0.305. The highest BCUT2D eigenvalue weighted by atomic mass is 32.1. The molecule has 2 aliphatic rings. The summed E-state index contributed by atoms with van der Waals surface area (Å²) in [5.41, 5.74) is 2.67. The minimum Gasteiger partial charge on any atom is -0.507 e. The van der Waals surface area contributed by atoms with Crippen LogP contribution in [0.15, 0.2) is 66.5 Å². The number of carbonyl (C=O) groups excluding carboxylic acids is 2. The molecular formula is C28H23N3O5S. The van der Waals surface area contributed by atoms with E-state index < -0.39 is 17.7 Å². The molecule has 37 heavy (non-hydrogen) atoms. The smallest absolute Gasteiger partial charge is 0.301 e. The van der Waals surface area contributed by atoms with Gasteiger partial charge in [0, 0.05) is 24.4 Å². The number of carbonyl (C=O) groups is 2. The van der Waals surface area contributed by atoms with Gasteiger partial charge >= 0.3 is 5.91 Å². The van der Waals surface area contributed by atoms with Gasteiger partial charge in [-0.1, -0.05) is 17.4 Å². The molecule has 2 aromatic heterocycles. The van der Waals surface area contributed by atoms with Gasteiger partial charge in [0.25, 0.3) is 5.78 Å². The Morgan fingerprint density at radius 2 is 2.08 bits per heavy atom. The largest absolute Gasteiger partial charge is 0.507 e. The Labute approximate surface area is 216 Å². The van der Waals surface area contributed by atoms with Crippen LogP contribution in [0.1, 0.15) is 36.6 Å². The van der Waals surface area contributed by atoms with Crippen LogP contribution in [0.5, 0.6) is 11.5 Å². The molecule has 4 heterocycles. The van der Waals surface area contributed by atoms with E-state index in [4.69, 9.17) is 9.47 Å². The lowest BCUT2D eigenvalue weighted by Gasteiger charge is -2.22. The first-order chi connectivity index (χ1) is 17.9. The van der Waals surface area contributed by atoms with Gasteiger partial charge < -0.3 is 14.6 Å². The summed E-state index contributed by atoms with van der Waals surface area (Å²) in [6.07, 6.45) is 3.95. The second kappa shape index (κ2) is 9.01. The zero-order valence-corrected chi connectivity index (χ0v) is 21.0. The van der Waals surface area contributed by atoms with Crippen molar-refractivity contribution in [1.29, 1.82) is 0 Å². The summed E-state index contributed by atoms with van der Waals surface area (Å²) in [5, 5.41) is 11.8. The van der Waals surface area contributed by atoms with Crippen LogP contribution < -0.4 is 14.4 Å². The highest BCUT2D eigenvalue weighted by molar-refractivity contribution is 7.22. The number of ketones is 1. The van der Waals surface area contributed by atoms with E-state index in [1.54, 1.807) is 36.7 Å². The van der Waals surface area contributed by atoms with Crippen LogP contribution in [0, 0.1) is 0 Å². The molecule has 9 heteroatoms. The van der Waals surface area contributed by atoms with Crippen molar-refractivity contribution in [3.63, 3.8) is 0 Å².